The van der Waals surface area contributed by atoms with Gasteiger partial charge in [-0.2, -0.15) is 0 Å². The van der Waals surface area contributed by atoms with Crippen LogP contribution in [-0.2, 0) is 4.79 Å². The van der Waals surface area contributed by atoms with Crippen LogP contribution in [-0.4, -0.2) is 24.2 Å². The molecule has 0 aromatic heterocycles. The zero-order valence-electron chi connectivity index (χ0n) is 10.1. The normalized spacial score (nSPS) is 24.1. The van der Waals surface area contributed by atoms with Crippen LogP contribution in [0.15, 0.2) is 30.3 Å². The molecule has 1 fully saturated rings. The smallest absolute Gasteiger partial charge is 0.223 e. The molecule has 3 heteroatoms. The first-order valence-corrected chi connectivity index (χ1v) is 6.16. The fraction of sp³-hybridized carbons (Fsp3) is 0.500. The molecule has 0 heterocycles. The molecule has 1 aliphatic rings. The highest BCUT2D eigenvalue weighted by atomic mass is 16.3. The van der Waals surface area contributed by atoms with Crippen molar-refractivity contribution in [3.8, 4) is 0 Å². The second-order valence-corrected chi connectivity index (χ2v) is 4.89. The number of hydrogen-bond donors (Lipinski definition) is 2. The number of amides is 1. The number of carbonyl (C=O) groups excluding carboxylic acids is 1. The Morgan fingerprint density at radius 3 is 2.82 bits per heavy atom. The van der Waals surface area contributed by atoms with Crippen LogP contribution >= 0.6 is 0 Å². The summed E-state index contributed by atoms with van der Waals surface area (Å²) in [6.45, 7) is 2.60. The van der Waals surface area contributed by atoms with E-state index in [2.05, 4.69) is 17.4 Å². The Balaban J connectivity index is 1.81. The minimum Gasteiger partial charge on any atom is -0.396 e. The van der Waals surface area contributed by atoms with Crippen LogP contribution < -0.4 is 5.32 Å². The summed E-state index contributed by atoms with van der Waals surface area (Å²) in [4.78, 5) is 11.8. The van der Waals surface area contributed by atoms with E-state index in [1.54, 1.807) is 0 Å². The van der Waals surface area contributed by atoms with E-state index in [4.69, 9.17) is 5.11 Å². The number of nitrogens with one attached hydrogen (secondary N) is 1. The molecule has 1 aromatic carbocycles. The van der Waals surface area contributed by atoms with Gasteiger partial charge >= 0.3 is 0 Å². The lowest BCUT2D eigenvalue weighted by Gasteiger charge is -2.09. The quantitative estimate of drug-likeness (QED) is 0.810. The molecule has 1 aliphatic carbocycles. The Kier molecular flexibility index (Phi) is 3.79. The molecular formula is C14H19NO2. The summed E-state index contributed by atoms with van der Waals surface area (Å²) < 4.78 is 0. The van der Waals surface area contributed by atoms with Gasteiger partial charge in [-0.1, -0.05) is 37.3 Å². The largest absolute Gasteiger partial charge is 0.396 e. The average molecular weight is 233 g/mol. The molecule has 0 aliphatic heterocycles. The zero-order valence-corrected chi connectivity index (χ0v) is 10.1. The second kappa shape index (κ2) is 5.32. The number of rotatable bonds is 5. The highest BCUT2D eigenvalue weighted by molar-refractivity contribution is 5.82. The van der Waals surface area contributed by atoms with Crippen molar-refractivity contribution < 1.29 is 9.90 Å². The number of benzene rings is 1. The van der Waals surface area contributed by atoms with Crippen LogP contribution in [0.5, 0.6) is 0 Å². The van der Waals surface area contributed by atoms with E-state index in [1.165, 1.54) is 5.56 Å². The highest BCUT2D eigenvalue weighted by Crippen LogP contribution is 2.47. The van der Waals surface area contributed by atoms with E-state index in [-0.39, 0.29) is 24.3 Å². The molecular weight excluding hydrogens is 214 g/mol. The summed E-state index contributed by atoms with van der Waals surface area (Å²) in [5.74, 6) is 0.774. The van der Waals surface area contributed by atoms with Gasteiger partial charge in [0, 0.05) is 19.1 Å². The molecule has 3 unspecified atom stereocenters. The Morgan fingerprint density at radius 2 is 2.18 bits per heavy atom. The van der Waals surface area contributed by atoms with Gasteiger partial charge in [0.15, 0.2) is 0 Å². The molecule has 1 amide bonds. The molecule has 17 heavy (non-hydrogen) atoms. The number of aliphatic hydroxyl groups is 1. The van der Waals surface area contributed by atoms with Crippen molar-refractivity contribution in [1.29, 1.82) is 0 Å². The SMILES string of the molecule is CC(CO)CNC(=O)C1CC1c1ccccc1. The molecule has 1 aromatic rings. The summed E-state index contributed by atoms with van der Waals surface area (Å²) in [5.41, 5.74) is 1.25. The molecule has 0 saturated heterocycles. The first kappa shape index (κ1) is 12.1. The van der Waals surface area contributed by atoms with Crippen LogP contribution in [0.1, 0.15) is 24.8 Å². The third-order valence-electron chi connectivity index (χ3n) is 3.29. The van der Waals surface area contributed by atoms with E-state index in [1.807, 2.05) is 25.1 Å². The van der Waals surface area contributed by atoms with Crippen molar-refractivity contribution in [3.63, 3.8) is 0 Å². The van der Waals surface area contributed by atoms with Crippen LogP contribution in [0.2, 0.25) is 0 Å². The second-order valence-electron chi connectivity index (χ2n) is 4.89. The summed E-state index contributed by atoms with van der Waals surface area (Å²) in [6, 6.07) is 10.2. The predicted octanol–water partition coefficient (Wildman–Crippen LogP) is 1.53. The third kappa shape index (κ3) is 3.07. The van der Waals surface area contributed by atoms with Crippen LogP contribution in [0.4, 0.5) is 0 Å². The highest BCUT2D eigenvalue weighted by Gasteiger charge is 2.43. The molecule has 1 saturated carbocycles. The first-order chi connectivity index (χ1) is 8.22. The van der Waals surface area contributed by atoms with E-state index < -0.39 is 0 Å². The molecule has 0 bridgehead atoms. The number of hydrogen-bond acceptors (Lipinski definition) is 2. The number of carbonyl (C=O) groups is 1. The van der Waals surface area contributed by atoms with Gasteiger partial charge in [-0.3, -0.25) is 4.79 Å². The minimum atomic E-state index is 0.118. The van der Waals surface area contributed by atoms with Gasteiger partial charge in [-0.15, -0.1) is 0 Å². The van der Waals surface area contributed by atoms with Crippen molar-refractivity contribution in [2.45, 2.75) is 19.3 Å². The third-order valence-corrected chi connectivity index (χ3v) is 3.29. The summed E-state index contributed by atoms with van der Waals surface area (Å²) in [5, 5.41) is 11.8. The maximum absolute atomic E-state index is 11.8. The topological polar surface area (TPSA) is 49.3 Å². The van der Waals surface area contributed by atoms with E-state index in [9.17, 15) is 4.79 Å². The van der Waals surface area contributed by atoms with Crippen LogP contribution in [0.25, 0.3) is 0 Å². The zero-order chi connectivity index (χ0) is 12.3. The molecule has 3 atom stereocenters. The molecule has 0 spiro atoms. The monoisotopic (exact) mass is 233 g/mol. The molecule has 92 valence electrons. The Labute approximate surface area is 102 Å². The summed E-state index contributed by atoms with van der Waals surface area (Å²) in [6.07, 6.45) is 0.948. The summed E-state index contributed by atoms with van der Waals surface area (Å²) in [7, 11) is 0. The maximum Gasteiger partial charge on any atom is 0.223 e. The standard InChI is InChI=1S/C14H19NO2/c1-10(9-16)8-15-14(17)13-7-12(13)11-5-3-2-4-6-11/h2-6,10,12-13,16H,7-9H2,1H3,(H,15,17). The van der Waals surface area contributed by atoms with Crippen molar-refractivity contribution >= 4 is 5.91 Å². The molecule has 2 N–H and O–H groups in total. The van der Waals surface area contributed by atoms with E-state index in [0.717, 1.165) is 6.42 Å². The van der Waals surface area contributed by atoms with Gasteiger partial charge in [0.1, 0.15) is 0 Å². The van der Waals surface area contributed by atoms with Crippen molar-refractivity contribution in [1.82, 2.24) is 5.32 Å². The fourth-order valence-electron chi connectivity index (χ4n) is 2.02. The molecule has 0 radical (unpaired) electrons. The minimum absolute atomic E-state index is 0.118. The van der Waals surface area contributed by atoms with Gasteiger partial charge in [0.25, 0.3) is 0 Å². The Morgan fingerprint density at radius 1 is 1.47 bits per heavy atom. The van der Waals surface area contributed by atoms with Gasteiger partial charge in [-0.05, 0) is 23.8 Å². The van der Waals surface area contributed by atoms with Gasteiger partial charge in [0.2, 0.25) is 5.91 Å². The predicted molar refractivity (Wildman–Crippen MR) is 66.5 cm³/mol. The summed E-state index contributed by atoms with van der Waals surface area (Å²) >= 11 is 0. The van der Waals surface area contributed by atoms with E-state index >= 15 is 0 Å². The first-order valence-electron chi connectivity index (χ1n) is 6.16. The van der Waals surface area contributed by atoms with Gasteiger partial charge in [-0.25, -0.2) is 0 Å². The number of aliphatic hydroxyl groups excluding tert-OH is 1. The van der Waals surface area contributed by atoms with Gasteiger partial charge < -0.3 is 10.4 Å². The van der Waals surface area contributed by atoms with Crippen molar-refractivity contribution in [3.05, 3.63) is 35.9 Å². The lowest BCUT2D eigenvalue weighted by Crippen LogP contribution is -2.31. The van der Waals surface area contributed by atoms with Crippen LogP contribution in [0.3, 0.4) is 0 Å². The lowest BCUT2D eigenvalue weighted by atomic mass is 10.1. The molecule has 3 nitrogen and oxygen atoms in total. The lowest BCUT2D eigenvalue weighted by molar-refractivity contribution is -0.122. The maximum atomic E-state index is 11.8. The molecule has 2 rings (SSSR count). The fourth-order valence-corrected chi connectivity index (χ4v) is 2.02. The van der Waals surface area contributed by atoms with E-state index in [0.29, 0.717) is 12.5 Å². The average Bonchev–Trinajstić information content (AvgIpc) is 3.17. The van der Waals surface area contributed by atoms with Crippen molar-refractivity contribution in [2.75, 3.05) is 13.2 Å². The van der Waals surface area contributed by atoms with Crippen molar-refractivity contribution in [2.24, 2.45) is 11.8 Å². The Bertz CT molecular complexity index is 377. The van der Waals surface area contributed by atoms with Gasteiger partial charge in [0.05, 0.1) is 0 Å². The Hall–Kier alpha value is -1.35. The van der Waals surface area contributed by atoms with Crippen LogP contribution in [0, 0.1) is 11.8 Å².